The third-order valence-corrected chi connectivity index (χ3v) is 6.23. The lowest BCUT2D eigenvalue weighted by molar-refractivity contribution is -0.126. The number of amides is 2. The maximum atomic E-state index is 13.7. The fourth-order valence-electron chi connectivity index (χ4n) is 4.45. The van der Waals surface area contributed by atoms with Gasteiger partial charge in [-0.1, -0.05) is 54.8 Å². The summed E-state index contributed by atoms with van der Waals surface area (Å²) < 4.78 is 11.0. The molecule has 1 heterocycles. The molecule has 4 rings (SSSR count). The van der Waals surface area contributed by atoms with Crippen molar-refractivity contribution >= 4 is 11.8 Å². The van der Waals surface area contributed by atoms with Crippen LogP contribution in [0.1, 0.15) is 65.9 Å². The zero-order chi connectivity index (χ0) is 23.9. The molecule has 0 saturated heterocycles. The van der Waals surface area contributed by atoms with Crippen LogP contribution in [0.15, 0.2) is 71.3 Å². The van der Waals surface area contributed by atoms with Crippen molar-refractivity contribution in [1.29, 1.82) is 0 Å². The molecule has 0 radical (unpaired) electrons. The molecule has 178 valence electrons. The number of carbonyl (C=O) groups excluding carboxylic acids is 2. The van der Waals surface area contributed by atoms with Crippen LogP contribution in [0.3, 0.4) is 0 Å². The Morgan fingerprint density at radius 2 is 1.76 bits per heavy atom. The lowest BCUT2D eigenvalue weighted by atomic mass is 10.0. The van der Waals surface area contributed by atoms with Crippen LogP contribution in [-0.4, -0.2) is 29.4 Å². The van der Waals surface area contributed by atoms with E-state index in [1.165, 1.54) is 6.26 Å². The van der Waals surface area contributed by atoms with Crippen LogP contribution in [0.25, 0.3) is 0 Å². The van der Waals surface area contributed by atoms with Crippen molar-refractivity contribution in [1.82, 2.24) is 10.2 Å². The topological polar surface area (TPSA) is 71.8 Å². The van der Waals surface area contributed by atoms with E-state index in [2.05, 4.69) is 5.32 Å². The van der Waals surface area contributed by atoms with Crippen molar-refractivity contribution in [3.63, 3.8) is 0 Å². The number of aryl methyl sites for hydroxylation is 1. The molecule has 1 N–H and O–H groups in total. The van der Waals surface area contributed by atoms with E-state index >= 15 is 0 Å². The smallest absolute Gasteiger partial charge is 0.290 e. The average Bonchev–Trinajstić information content (AvgIpc) is 3.55. The van der Waals surface area contributed by atoms with E-state index in [-0.39, 0.29) is 30.2 Å². The van der Waals surface area contributed by atoms with Gasteiger partial charge < -0.3 is 19.4 Å². The average molecular weight is 461 g/mol. The van der Waals surface area contributed by atoms with E-state index in [1.54, 1.807) is 17.0 Å². The lowest BCUT2D eigenvalue weighted by Gasteiger charge is -2.32. The highest BCUT2D eigenvalue weighted by molar-refractivity contribution is 5.96. The summed E-state index contributed by atoms with van der Waals surface area (Å²) >= 11 is 0. The molecule has 2 amide bonds. The molecule has 1 fully saturated rings. The van der Waals surface area contributed by atoms with E-state index in [1.807, 2.05) is 62.4 Å². The van der Waals surface area contributed by atoms with Crippen LogP contribution in [0, 0.1) is 6.92 Å². The second-order valence-corrected chi connectivity index (χ2v) is 8.79. The molecular formula is C28H32N2O4. The molecule has 3 aromatic rings. The summed E-state index contributed by atoms with van der Waals surface area (Å²) in [6.45, 7) is 4.78. The number of carbonyl (C=O) groups is 2. The standard InChI is InChI=1S/C28H32N2O4/c1-3-33-24-16-14-22(15-17-24)26(27(31)29-23-7-4-5-8-23)30(28(32)25-9-6-18-34-25)19-21-12-10-20(2)11-13-21/h6,9-18,23,26H,3-5,7-8,19H2,1-2H3,(H,29,31). The third kappa shape index (κ3) is 5.68. The van der Waals surface area contributed by atoms with E-state index in [9.17, 15) is 9.59 Å². The number of benzene rings is 2. The highest BCUT2D eigenvalue weighted by Gasteiger charge is 2.34. The monoisotopic (exact) mass is 460 g/mol. The fraction of sp³-hybridized carbons (Fsp3) is 0.357. The van der Waals surface area contributed by atoms with Crippen LogP contribution >= 0.6 is 0 Å². The van der Waals surface area contributed by atoms with Gasteiger partial charge in [0.1, 0.15) is 11.8 Å². The van der Waals surface area contributed by atoms with E-state index in [0.29, 0.717) is 6.61 Å². The van der Waals surface area contributed by atoms with Gasteiger partial charge in [0.25, 0.3) is 5.91 Å². The summed E-state index contributed by atoms with van der Waals surface area (Å²) in [5.41, 5.74) is 2.80. The van der Waals surface area contributed by atoms with Gasteiger partial charge in [-0.2, -0.15) is 0 Å². The normalized spacial score (nSPS) is 14.5. The quantitative estimate of drug-likeness (QED) is 0.462. The van der Waals surface area contributed by atoms with Gasteiger partial charge >= 0.3 is 0 Å². The Balaban J connectivity index is 1.72. The molecule has 1 aliphatic rings. The molecule has 1 unspecified atom stereocenters. The third-order valence-electron chi connectivity index (χ3n) is 6.23. The molecule has 6 heteroatoms. The SMILES string of the molecule is CCOc1ccc(C(C(=O)NC2CCCC2)N(Cc2ccc(C)cc2)C(=O)c2ccco2)cc1. The summed E-state index contributed by atoms with van der Waals surface area (Å²) in [5, 5.41) is 3.20. The largest absolute Gasteiger partial charge is 0.494 e. The highest BCUT2D eigenvalue weighted by Crippen LogP contribution is 2.29. The Bertz CT molecular complexity index is 1070. The van der Waals surface area contributed by atoms with Gasteiger partial charge in [-0.25, -0.2) is 0 Å². The number of nitrogens with one attached hydrogen (secondary N) is 1. The van der Waals surface area contributed by atoms with Crippen molar-refractivity contribution in [3.05, 3.63) is 89.4 Å². The van der Waals surface area contributed by atoms with Gasteiger partial charge in [0.05, 0.1) is 12.9 Å². The Morgan fingerprint density at radius 3 is 2.38 bits per heavy atom. The lowest BCUT2D eigenvalue weighted by Crippen LogP contribution is -2.45. The maximum Gasteiger partial charge on any atom is 0.290 e. The fourth-order valence-corrected chi connectivity index (χ4v) is 4.45. The second-order valence-electron chi connectivity index (χ2n) is 8.79. The number of rotatable bonds is 9. The van der Waals surface area contributed by atoms with Crippen LogP contribution < -0.4 is 10.1 Å². The number of hydrogen-bond donors (Lipinski definition) is 1. The number of ether oxygens (including phenoxy) is 1. The Morgan fingerprint density at radius 1 is 1.06 bits per heavy atom. The van der Waals surface area contributed by atoms with Crippen molar-refractivity contribution in [2.45, 2.75) is 58.2 Å². The Labute approximate surface area is 200 Å². The predicted octanol–water partition coefficient (Wildman–Crippen LogP) is 5.43. The van der Waals surface area contributed by atoms with Gasteiger partial charge in [0.2, 0.25) is 5.91 Å². The van der Waals surface area contributed by atoms with Crippen LogP contribution in [0.5, 0.6) is 5.75 Å². The molecule has 1 atom stereocenters. The van der Waals surface area contributed by atoms with Crippen LogP contribution in [0.4, 0.5) is 0 Å². The summed E-state index contributed by atoms with van der Waals surface area (Å²) in [4.78, 5) is 28.9. The molecule has 34 heavy (non-hydrogen) atoms. The van der Waals surface area contributed by atoms with Gasteiger partial charge in [-0.05, 0) is 62.1 Å². The van der Waals surface area contributed by atoms with Crippen LogP contribution in [0.2, 0.25) is 0 Å². The highest BCUT2D eigenvalue weighted by atomic mass is 16.5. The van der Waals surface area contributed by atoms with E-state index < -0.39 is 6.04 Å². The van der Waals surface area contributed by atoms with Crippen molar-refractivity contribution in [3.8, 4) is 5.75 Å². The molecule has 2 aromatic carbocycles. The van der Waals surface area contributed by atoms with Gasteiger partial charge in [0, 0.05) is 12.6 Å². The molecule has 1 aliphatic carbocycles. The molecule has 0 bridgehead atoms. The molecule has 1 saturated carbocycles. The predicted molar refractivity (Wildman–Crippen MR) is 131 cm³/mol. The van der Waals surface area contributed by atoms with Gasteiger partial charge in [0.15, 0.2) is 5.76 Å². The number of furan rings is 1. The maximum absolute atomic E-state index is 13.7. The van der Waals surface area contributed by atoms with Crippen molar-refractivity contribution < 1.29 is 18.7 Å². The van der Waals surface area contributed by atoms with Gasteiger partial charge in [-0.3, -0.25) is 9.59 Å². The first-order valence-corrected chi connectivity index (χ1v) is 12.0. The molecule has 6 nitrogen and oxygen atoms in total. The minimum absolute atomic E-state index is 0.137. The number of hydrogen-bond acceptors (Lipinski definition) is 4. The molecule has 1 aromatic heterocycles. The minimum Gasteiger partial charge on any atom is -0.494 e. The zero-order valence-electron chi connectivity index (χ0n) is 19.8. The summed E-state index contributed by atoms with van der Waals surface area (Å²) in [6.07, 6.45) is 5.62. The molecule has 0 spiro atoms. The van der Waals surface area contributed by atoms with Gasteiger partial charge in [-0.15, -0.1) is 0 Å². The van der Waals surface area contributed by atoms with Crippen LogP contribution in [-0.2, 0) is 11.3 Å². The summed E-state index contributed by atoms with van der Waals surface area (Å²) in [5.74, 6) is 0.425. The zero-order valence-corrected chi connectivity index (χ0v) is 19.8. The van der Waals surface area contributed by atoms with E-state index in [0.717, 1.165) is 48.1 Å². The Hall–Kier alpha value is -3.54. The summed E-state index contributed by atoms with van der Waals surface area (Å²) in [7, 11) is 0. The minimum atomic E-state index is -0.810. The second kappa shape index (κ2) is 11.1. The van der Waals surface area contributed by atoms with Crippen molar-refractivity contribution in [2.24, 2.45) is 0 Å². The first-order chi connectivity index (χ1) is 16.5. The summed E-state index contributed by atoms with van der Waals surface area (Å²) in [6, 6.07) is 18.0. The van der Waals surface area contributed by atoms with Crippen molar-refractivity contribution in [2.75, 3.05) is 6.61 Å². The number of nitrogens with zero attached hydrogens (tertiary/aromatic N) is 1. The first-order valence-electron chi connectivity index (χ1n) is 12.0. The molecular weight excluding hydrogens is 428 g/mol. The van der Waals surface area contributed by atoms with E-state index in [4.69, 9.17) is 9.15 Å². The molecule has 0 aliphatic heterocycles. The first kappa shape index (κ1) is 23.6. The Kier molecular flexibility index (Phi) is 7.68.